The Kier molecular flexibility index (Phi) is 5.01. The van der Waals surface area contributed by atoms with Crippen molar-refractivity contribution in [2.45, 2.75) is 71.0 Å². The lowest BCUT2D eigenvalue weighted by Gasteiger charge is -2.27. The van der Waals surface area contributed by atoms with Crippen LogP contribution in [0, 0.1) is 13.8 Å². The smallest absolute Gasteiger partial charge is 0.318 e. The van der Waals surface area contributed by atoms with Gasteiger partial charge in [0.15, 0.2) is 0 Å². The second-order valence-corrected chi connectivity index (χ2v) is 7.25. The molecule has 0 spiro atoms. The van der Waals surface area contributed by atoms with E-state index >= 15 is 0 Å². The summed E-state index contributed by atoms with van der Waals surface area (Å²) < 4.78 is 1.85. The summed E-state index contributed by atoms with van der Waals surface area (Å²) in [6, 6.07) is -0.256. The number of hydrogen-bond donors (Lipinski definition) is 2. The first kappa shape index (κ1) is 17.8. The molecule has 3 rings (SSSR count). The van der Waals surface area contributed by atoms with Gasteiger partial charge in [-0.05, 0) is 46.0 Å². The Balaban J connectivity index is 1.69. The average Bonchev–Trinajstić information content (AvgIpc) is 3.17. The van der Waals surface area contributed by atoms with Crippen LogP contribution in [0.25, 0.3) is 0 Å². The predicted octanol–water partition coefficient (Wildman–Crippen LogP) is 1.94. The highest BCUT2D eigenvalue weighted by Crippen LogP contribution is 2.26. The van der Waals surface area contributed by atoms with Crippen molar-refractivity contribution in [2.24, 2.45) is 7.05 Å². The van der Waals surface area contributed by atoms with Crippen LogP contribution in [0.3, 0.4) is 0 Å². The second kappa shape index (κ2) is 7.06. The highest BCUT2D eigenvalue weighted by atomic mass is 16.2. The van der Waals surface area contributed by atoms with Crippen LogP contribution in [0.5, 0.6) is 0 Å². The maximum Gasteiger partial charge on any atom is 0.318 e. The highest BCUT2D eigenvalue weighted by Gasteiger charge is 2.37. The van der Waals surface area contributed by atoms with E-state index in [4.69, 9.17) is 0 Å². The quantitative estimate of drug-likeness (QED) is 0.854. The number of hydrogen-bond acceptors (Lipinski definition) is 3. The fraction of sp³-hybridized carbons (Fsp3) is 0.722. The van der Waals surface area contributed by atoms with E-state index in [1.165, 1.54) is 0 Å². The van der Waals surface area contributed by atoms with Crippen LogP contribution in [-0.4, -0.2) is 45.2 Å². The van der Waals surface area contributed by atoms with E-state index in [1.54, 1.807) is 4.90 Å². The summed E-state index contributed by atoms with van der Waals surface area (Å²) in [7, 11) is 1.92. The predicted molar refractivity (Wildman–Crippen MR) is 95.1 cm³/mol. The Hall–Kier alpha value is -2.05. The van der Waals surface area contributed by atoms with Crippen LogP contribution in [0.1, 0.15) is 62.0 Å². The topological polar surface area (TPSA) is 79.3 Å². The fourth-order valence-electron chi connectivity index (χ4n) is 3.71. The van der Waals surface area contributed by atoms with Gasteiger partial charge < -0.3 is 15.5 Å². The number of carbonyl (C=O) groups is 2. The average molecular weight is 347 g/mol. The minimum absolute atomic E-state index is 0.00284. The largest absolute Gasteiger partial charge is 0.352 e. The molecule has 0 unspecified atom stereocenters. The molecule has 3 amide bonds. The van der Waals surface area contributed by atoms with Crippen molar-refractivity contribution in [2.75, 3.05) is 6.54 Å². The van der Waals surface area contributed by atoms with Gasteiger partial charge in [0.1, 0.15) is 6.04 Å². The van der Waals surface area contributed by atoms with E-state index in [2.05, 4.69) is 22.7 Å². The van der Waals surface area contributed by atoms with Gasteiger partial charge in [0.25, 0.3) is 0 Å². The molecule has 0 aromatic carbocycles. The Morgan fingerprint density at radius 2 is 2.00 bits per heavy atom. The maximum atomic E-state index is 12.8. The van der Waals surface area contributed by atoms with Gasteiger partial charge in [-0.3, -0.25) is 9.48 Å². The van der Waals surface area contributed by atoms with Crippen LogP contribution < -0.4 is 10.6 Å². The lowest BCUT2D eigenvalue weighted by atomic mass is 10.0. The Bertz CT molecular complexity index is 665. The lowest BCUT2D eigenvalue weighted by Crippen LogP contribution is -2.50. The zero-order chi connectivity index (χ0) is 18.1. The van der Waals surface area contributed by atoms with Gasteiger partial charge in [-0.2, -0.15) is 5.10 Å². The van der Waals surface area contributed by atoms with Crippen LogP contribution in [-0.2, 0) is 11.8 Å². The highest BCUT2D eigenvalue weighted by molar-refractivity contribution is 5.88. The van der Waals surface area contributed by atoms with Crippen molar-refractivity contribution in [1.29, 1.82) is 0 Å². The molecule has 7 nitrogen and oxygen atoms in total. The fourth-order valence-corrected chi connectivity index (χ4v) is 3.71. The first-order valence-electron chi connectivity index (χ1n) is 9.30. The minimum Gasteiger partial charge on any atom is -0.352 e. The molecule has 2 fully saturated rings. The number of amides is 3. The zero-order valence-corrected chi connectivity index (χ0v) is 15.6. The Labute approximate surface area is 149 Å². The van der Waals surface area contributed by atoms with Crippen LogP contribution in [0.4, 0.5) is 4.79 Å². The van der Waals surface area contributed by atoms with Crippen molar-refractivity contribution in [3.63, 3.8) is 0 Å². The molecule has 0 bridgehead atoms. The number of nitrogens with zero attached hydrogens (tertiary/aromatic N) is 3. The van der Waals surface area contributed by atoms with E-state index < -0.39 is 0 Å². The standard InChI is InChI=1S/C18H29N5O2/c1-5-14(16-11(2)21-22(4)12(16)3)20-18(25)23-10-6-7-15(23)17(24)19-13-8-9-13/h13-15H,5-10H2,1-4H3,(H,19,24)(H,20,25)/t14-,15+/m1/s1. The normalized spacial score (nSPS) is 21.3. The third kappa shape index (κ3) is 3.65. The van der Waals surface area contributed by atoms with E-state index in [-0.39, 0.29) is 24.0 Å². The summed E-state index contributed by atoms with van der Waals surface area (Å²) in [6.07, 6.45) is 4.52. The van der Waals surface area contributed by atoms with Crippen molar-refractivity contribution in [1.82, 2.24) is 25.3 Å². The summed E-state index contributed by atoms with van der Waals surface area (Å²) in [5, 5.41) is 10.6. The van der Waals surface area contributed by atoms with Crippen LogP contribution in [0.15, 0.2) is 0 Å². The number of carbonyl (C=O) groups excluding carboxylic acids is 2. The SMILES string of the molecule is CC[C@@H](NC(=O)N1CCC[C@H]1C(=O)NC1CC1)c1c(C)nn(C)c1C. The molecule has 1 saturated carbocycles. The van der Waals surface area contributed by atoms with E-state index in [0.717, 1.165) is 49.1 Å². The summed E-state index contributed by atoms with van der Waals surface area (Å²) in [6.45, 7) is 6.68. The lowest BCUT2D eigenvalue weighted by molar-refractivity contribution is -0.124. The first-order chi connectivity index (χ1) is 11.9. The summed E-state index contributed by atoms with van der Waals surface area (Å²) in [5.41, 5.74) is 3.09. The molecular weight excluding hydrogens is 318 g/mol. The first-order valence-corrected chi connectivity index (χ1v) is 9.30. The second-order valence-electron chi connectivity index (χ2n) is 7.25. The molecule has 2 aliphatic rings. The van der Waals surface area contributed by atoms with E-state index in [0.29, 0.717) is 12.6 Å². The molecule has 2 heterocycles. The number of urea groups is 1. The van der Waals surface area contributed by atoms with Crippen molar-refractivity contribution in [3.05, 3.63) is 17.0 Å². The number of aromatic nitrogens is 2. The molecule has 2 atom stereocenters. The maximum absolute atomic E-state index is 12.8. The molecular formula is C18H29N5O2. The molecule has 0 radical (unpaired) electrons. The molecule has 2 N–H and O–H groups in total. The minimum atomic E-state index is -0.339. The van der Waals surface area contributed by atoms with Gasteiger partial charge in [0.05, 0.1) is 11.7 Å². The van der Waals surface area contributed by atoms with E-state index in [1.807, 2.05) is 25.6 Å². The van der Waals surface area contributed by atoms with Gasteiger partial charge in [0, 0.05) is 30.9 Å². The number of aryl methyl sites for hydroxylation is 2. The van der Waals surface area contributed by atoms with Crippen molar-refractivity contribution >= 4 is 11.9 Å². The molecule has 1 aromatic rings. The van der Waals surface area contributed by atoms with E-state index in [9.17, 15) is 9.59 Å². The van der Waals surface area contributed by atoms with Gasteiger partial charge >= 0.3 is 6.03 Å². The van der Waals surface area contributed by atoms with Gasteiger partial charge in [-0.1, -0.05) is 6.92 Å². The number of rotatable bonds is 5. The van der Waals surface area contributed by atoms with Gasteiger partial charge in [-0.25, -0.2) is 4.79 Å². The molecule has 1 aliphatic heterocycles. The molecule has 1 aliphatic carbocycles. The molecule has 1 aromatic heterocycles. The summed E-state index contributed by atoms with van der Waals surface area (Å²) in [4.78, 5) is 26.9. The Morgan fingerprint density at radius 3 is 2.56 bits per heavy atom. The third-order valence-corrected chi connectivity index (χ3v) is 5.36. The van der Waals surface area contributed by atoms with Crippen LogP contribution >= 0.6 is 0 Å². The zero-order valence-electron chi connectivity index (χ0n) is 15.6. The molecule has 7 heteroatoms. The van der Waals surface area contributed by atoms with Crippen LogP contribution in [0.2, 0.25) is 0 Å². The van der Waals surface area contributed by atoms with Crippen molar-refractivity contribution < 1.29 is 9.59 Å². The van der Waals surface area contributed by atoms with Crippen molar-refractivity contribution in [3.8, 4) is 0 Å². The molecule has 25 heavy (non-hydrogen) atoms. The summed E-state index contributed by atoms with van der Waals surface area (Å²) >= 11 is 0. The number of nitrogens with one attached hydrogen (secondary N) is 2. The summed E-state index contributed by atoms with van der Waals surface area (Å²) in [5.74, 6) is -0.00284. The molecule has 138 valence electrons. The molecule has 1 saturated heterocycles. The van der Waals surface area contributed by atoms with Gasteiger partial charge in [0.2, 0.25) is 5.91 Å². The third-order valence-electron chi connectivity index (χ3n) is 5.36. The van der Waals surface area contributed by atoms with Gasteiger partial charge in [-0.15, -0.1) is 0 Å². The number of likely N-dealkylation sites (tertiary alicyclic amines) is 1. The Morgan fingerprint density at radius 1 is 1.28 bits per heavy atom. The monoisotopic (exact) mass is 347 g/mol.